The van der Waals surface area contributed by atoms with E-state index in [1.807, 2.05) is 51.1 Å². The monoisotopic (exact) mass is 289 g/mol. The summed E-state index contributed by atoms with van der Waals surface area (Å²) in [5, 5.41) is 6.63. The van der Waals surface area contributed by atoms with Crippen LogP contribution in [0.15, 0.2) is 39.6 Å². The van der Waals surface area contributed by atoms with Gasteiger partial charge in [0.25, 0.3) is 0 Å². The fourth-order valence-corrected chi connectivity index (χ4v) is 1.85. The largest absolute Gasteiger partial charge is 0.442 e. The molecule has 112 valence electrons. The Bertz CT molecular complexity index is 671. The van der Waals surface area contributed by atoms with E-state index in [1.165, 1.54) is 4.57 Å². The van der Waals surface area contributed by atoms with E-state index in [2.05, 4.69) is 15.0 Å². The highest BCUT2D eigenvalue weighted by atomic mass is 16.5. The summed E-state index contributed by atoms with van der Waals surface area (Å²) in [6.07, 6.45) is 0.794. The number of amides is 1. The van der Waals surface area contributed by atoms with Crippen LogP contribution in [0, 0.1) is 0 Å². The highest BCUT2D eigenvalue weighted by Gasteiger charge is 2.21. The molecule has 0 atom stereocenters. The van der Waals surface area contributed by atoms with Gasteiger partial charge in [0.2, 0.25) is 5.91 Å². The lowest BCUT2D eigenvalue weighted by molar-refractivity contribution is -0.123. The molecular weight excluding hydrogens is 270 g/mol. The first kappa shape index (κ1) is 15.0. The number of benzene rings is 1. The Morgan fingerprint density at radius 3 is 2.62 bits per heavy atom. The van der Waals surface area contributed by atoms with Crippen LogP contribution in [0.4, 0.5) is 0 Å². The summed E-state index contributed by atoms with van der Waals surface area (Å²) in [5.74, 6) is -0.535. The van der Waals surface area contributed by atoms with Crippen molar-refractivity contribution in [1.29, 1.82) is 0 Å². The van der Waals surface area contributed by atoms with Gasteiger partial charge in [-0.1, -0.05) is 42.4 Å². The molecule has 0 unspecified atom stereocenters. The third-order valence-corrected chi connectivity index (χ3v) is 3.38. The molecular formula is C15H19N3O3. The SMILES string of the molecule is CCC(C)(C)NC(=O)Cn1c(-c2ccccc2)noc1=O. The zero-order chi connectivity index (χ0) is 15.5. The van der Waals surface area contributed by atoms with Crippen LogP contribution in [0.1, 0.15) is 27.2 Å². The molecule has 21 heavy (non-hydrogen) atoms. The highest BCUT2D eigenvalue weighted by Crippen LogP contribution is 2.15. The Balaban J connectivity index is 2.24. The maximum absolute atomic E-state index is 12.1. The fourth-order valence-electron chi connectivity index (χ4n) is 1.85. The standard InChI is InChI=1S/C15H19N3O3/c1-4-15(2,3)16-12(19)10-18-13(17-21-14(18)20)11-8-6-5-7-9-11/h5-9H,4,10H2,1-3H3,(H,16,19). The fraction of sp³-hybridized carbons (Fsp3) is 0.400. The number of carbonyl (C=O) groups is 1. The van der Waals surface area contributed by atoms with Crippen LogP contribution in [0.2, 0.25) is 0 Å². The minimum absolute atomic E-state index is 0.115. The molecule has 1 N–H and O–H groups in total. The van der Waals surface area contributed by atoms with Gasteiger partial charge in [-0.25, -0.2) is 9.36 Å². The highest BCUT2D eigenvalue weighted by molar-refractivity contribution is 5.77. The van der Waals surface area contributed by atoms with Crippen LogP contribution >= 0.6 is 0 Å². The lowest BCUT2D eigenvalue weighted by Gasteiger charge is -2.24. The molecule has 0 saturated heterocycles. The number of hydrogen-bond donors (Lipinski definition) is 1. The number of nitrogens with zero attached hydrogens (tertiary/aromatic N) is 2. The molecule has 1 aromatic heterocycles. The summed E-state index contributed by atoms with van der Waals surface area (Å²) in [5.41, 5.74) is 0.413. The predicted molar refractivity (Wildman–Crippen MR) is 78.7 cm³/mol. The van der Waals surface area contributed by atoms with Gasteiger partial charge >= 0.3 is 5.76 Å². The summed E-state index contributed by atoms with van der Waals surface area (Å²) in [6, 6.07) is 9.14. The van der Waals surface area contributed by atoms with E-state index in [9.17, 15) is 9.59 Å². The van der Waals surface area contributed by atoms with Crippen molar-refractivity contribution in [3.8, 4) is 11.4 Å². The summed E-state index contributed by atoms with van der Waals surface area (Å²) in [6.45, 7) is 5.73. The molecule has 2 rings (SSSR count). The van der Waals surface area contributed by atoms with Gasteiger partial charge in [-0.2, -0.15) is 0 Å². The van der Waals surface area contributed by atoms with Crippen molar-refractivity contribution in [3.05, 3.63) is 40.9 Å². The average Bonchev–Trinajstić information content (AvgIpc) is 2.81. The summed E-state index contributed by atoms with van der Waals surface area (Å²) < 4.78 is 5.92. The number of aromatic nitrogens is 2. The molecule has 1 heterocycles. The van der Waals surface area contributed by atoms with E-state index in [-0.39, 0.29) is 18.0 Å². The van der Waals surface area contributed by atoms with Crippen molar-refractivity contribution in [1.82, 2.24) is 15.0 Å². The maximum atomic E-state index is 12.1. The van der Waals surface area contributed by atoms with Crippen LogP contribution in [0.5, 0.6) is 0 Å². The van der Waals surface area contributed by atoms with Gasteiger partial charge in [0.15, 0.2) is 5.82 Å². The first-order valence-electron chi connectivity index (χ1n) is 6.86. The van der Waals surface area contributed by atoms with Gasteiger partial charge < -0.3 is 5.32 Å². The summed E-state index contributed by atoms with van der Waals surface area (Å²) >= 11 is 0. The van der Waals surface area contributed by atoms with Gasteiger partial charge in [0, 0.05) is 11.1 Å². The van der Waals surface area contributed by atoms with Gasteiger partial charge in [0.05, 0.1) is 0 Å². The first-order valence-corrected chi connectivity index (χ1v) is 6.86. The van der Waals surface area contributed by atoms with Crippen molar-refractivity contribution in [3.63, 3.8) is 0 Å². The Labute approximate surface area is 122 Å². The molecule has 1 amide bonds. The second kappa shape index (κ2) is 5.95. The van der Waals surface area contributed by atoms with Crippen LogP contribution in [-0.2, 0) is 11.3 Å². The molecule has 0 radical (unpaired) electrons. The summed E-state index contributed by atoms with van der Waals surface area (Å²) in [7, 11) is 0. The zero-order valence-corrected chi connectivity index (χ0v) is 12.4. The van der Waals surface area contributed by atoms with Crippen LogP contribution in [0.25, 0.3) is 11.4 Å². The quantitative estimate of drug-likeness (QED) is 0.910. The average molecular weight is 289 g/mol. The summed E-state index contributed by atoms with van der Waals surface area (Å²) in [4.78, 5) is 23.8. The second-order valence-corrected chi connectivity index (χ2v) is 5.51. The first-order chi connectivity index (χ1) is 9.93. The second-order valence-electron chi connectivity index (χ2n) is 5.51. The van der Waals surface area contributed by atoms with Crippen molar-refractivity contribution in [2.24, 2.45) is 0 Å². The van der Waals surface area contributed by atoms with Gasteiger partial charge in [0.1, 0.15) is 6.54 Å². The molecule has 1 aromatic carbocycles. The van der Waals surface area contributed by atoms with Crippen molar-refractivity contribution >= 4 is 5.91 Å². The molecule has 0 fully saturated rings. The van der Waals surface area contributed by atoms with Crippen molar-refractivity contribution in [2.75, 3.05) is 0 Å². The number of rotatable bonds is 5. The van der Waals surface area contributed by atoms with Crippen LogP contribution in [-0.4, -0.2) is 21.2 Å². The van der Waals surface area contributed by atoms with Crippen LogP contribution < -0.4 is 11.1 Å². The van der Waals surface area contributed by atoms with Crippen molar-refractivity contribution < 1.29 is 9.32 Å². The van der Waals surface area contributed by atoms with Gasteiger partial charge in [-0.15, -0.1) is 0 Å². The third kappa shape index (κ3) is 3.59. The normalized spacial score (nSPS) is 11.4. The molecule has 0 bridgehead atoms. The molecule has 6 nitrogen and oxygen atoms in total. The minimum atomic E-state index is -0.640. The molecule has 0 aliphatic rings. The molecule has 0 aliphatic carbocycles. The lowest BCUT2D eigenvalue weighted by Crippen LogP contribution is -2.45. The topological polar surface area (TPSA) is 77.1 Å². The molecule has 0 saturated carbocycles. The Morgan fingerprint density at radius 1 is 1.33 bits per heavy atom. The molecule has 2 aromatic rings. The van der Waals surface area contributed by atoms with E-state index in [0.29, 0.717) is 5.82 Å². The molecule has 0 aliphatic heterocycles. The van der Waals surface area contributed by atoms with E-state index in [0.717, 1.165) is 12.0 Å². The maximum Gasteiger partial charge on any atom is 0.442 e. The Hall–Kier alpha value is -2.37. The van der Waals surface area contributed by atoms with E-state index >= 15 is 0 Å². The van der Waals surface area contributed by atoms with Gasteiger partial charge in [-0.3, -0.25) is 9.32 Å². The molecule has 0 spiro atoms. The Morgan fingerprint density at radius 2 is 2.00 bits per heavy atom. The van der Waals surface area contributed by atoms with E-state index in [4.69, 9.17) is 0 Å². The molecule has 6 heteroatoms. The van der Waals surface area contributed by atoms with E-state index in [1.54, 1.807) is 0 Å². The van der Waals surface area contributed by atoms with Crippen LogP contribution in [0.3, 0.4) is 0 Å². The number of carbonyl (C=O) groups excluding carboxylic acids is 1. The number of nitrogens with one attached hydrogen (secondary N) is 1. The minimum Gasteiger partial charge on any atom is -0.350 e. The van der Waals surface area contributed by atoms with E-state index < -0.39 is 5.76 Å². The Kier molecular flexibility index (Phi) is 4.26. The smallest absolute Gasteiger partial charge is 0.350 e. The van der Waals surface area contributed by atoms with Crippen molar-refractivity contribution in [2.45, 2.75) is 39.3 Å². The number of hydrogen-bond acceptors (Lipinski definition) is 4. The zero-order valence-electron chi connectivity index (χ0n) is 12.4. The predicted octanol–water partition coefficient (Wildman–Crippen LogP) is 1.81. The third-order valence-electron chi connectivity index (χ3n) is 3.38. The lowest BCUT2D eigenvalue weighted by atomic mass is 10.0. The van der Waals surface area contributed by atoms with Gasteiger partial charge in [-0.05, 0) is 20.3 Å².